The first-order chi connectivity index (χ1) is 9.45. The lowest BCUT2D eigenvalue weighted by Gasteiger charge is -2.12. The molecule has 1 aromatic heterocycles. The molecule has 1 aromatic carbocycles. The van der Waals surface area contributed by atoms with Crippen molar-refractivity contribution in [2.24, 2.45) is 0 Å². The third-order valence-electron chi connectivity index (χ3n) is 3.32. The summed E-state index contributed by atoms with van der Waals surface area (Å²) >= 11 is 3.19. The van der Waals surface area contributed by atoms with E-state index in [-0.39, 0.29) is 11.9 Å². The Morgan fingerprint density at radius 2 is 2.10 bits per heavy atom. The monoisotopic (exact) mass is 340 g/mol. The van der Waals surface area contributed by atoms with Gasteiger partial charge in [0.25, 0.3) is 0 Å². The van der Waals surface area contributed by atoms with Gasteiger partial charge in [0.2, 0.25) is 0 Å². The molecular formula is C14H18BrFN4. The summed E-state index contributed by atoms with van der Waals surface area (Å²) < 4.78 is 15.9. The zero-order chi connectivity index (χ0) is 14.9. The Labute approximate surface area is 126 Å². The van der Waals surface area contributed by atoms with E-state index in [4.69, 9.17) is 0 Å². The standard InChI is InChI=1S/C14H18BrFN4/c1-5-17-9(3)14-10(4)20(19-18-14)13-7-12(16)11(15)6-8(13)2/h6-7,9,17H,5H2,1-4H3. The molecule has 1 atom stereocenters. The molecule has 1 N–H and O–H groups in total. The average molecular weight is 341 g/mol. The first-order valence-corrected chi connectivity index (χ1v) is 7.36. The van der Waals surface area contributed by atoms with Crippen LogP contribution >= 0.6 is 15.9 Å². The lowest BCUT2D eigenvalue weighted by molar-refractivity contribution is 0.579. The van der Waals surface area contributed by atoms with E-state index in [1.54, 1.807) is 10.7 Å². The van der Waals surface area contributed by atoms with E-state index in [0.29, 0.717) is 10.2 Å². The van der Waals surface area contributed by atoms with Crippen LogP contribution in [-0.4, -0.2) is 21.5 Å². The zero-order valence-corrected chi connectivity index (χ0v) is 13.6. The van der Waals surface area contributed by atoms with Gasteiger partial charge in [-0.05, 0) is 54.9 Å². The Morgan fingerprint density at radius 1 is 1.40 bits per heavy atom. The summed E-state index contributed by atoms with van der Waals surface area (Å²) in [6, 6.07) is 3.34. The summed E-state index contributed by atoms with van der Waals surface area (Å²) in [6.45, 7) is 8.82. The van der Waals surface area contributed by atoms with Crippen LogP contribution in [0.5, 0.6) is 0 Å². The van der Waals surface area contributed by atoms with Crippen LogP contribution in [0.2, 0.25) is 0 Å². The van der Waals surface area contributed by atoms with E-state index in [2.05, 4.69) is 31.6 Å². The second-order valence-electron chi connectivity index (χ2n) is 4.80. The Balaban J connectivity index is 2.47. The Hall–Kier alpha value is -1.27. The van der Waals surface area contributed by atoms with Crippen molar-refractivity contribution in [3.05, 3.63) is 39.4 Å². The Bertz CT molecular complexity index is 624. The molecule has 20 heavy (non-hydrogen) atoms. The molecule has 0 saturated carbocycles. The number of benzene rings is 1. The molecule has 6 heteroatoms. The van der Waals surface area contributed by atoms with Crippen molar-refractivity contribution in [1.82, 2.24) is 20.3 Å². The van der Waals surface area contributed by atoms with Gasteiger partial charge in [-0.3, -0.25) is 0 Å². The fraction of sp³-hybridized carbons (Fsp3) is 0.429. The average Bonchev–Trinajstić information content (AvgIpc) is 2.76. The van der Waals surface area contributed by atoms with Crippen molar-refractivity contribution < 1.29 is 4.39 Å². The number of hydrogen-bond acceptors (Lipinski definition) is 3. The molecule has 1 unspecified atom stereocenters. The molecule has 2 aromatic rings. The Kier molecular flexibility index (Phi) is 4.55. The first-order valence-electron chi connectivity index (χ1n) is 6.57. The van der Waals surface area contributed by atoms with Crippen LogP contribution in [0.15, 0.2) is 16.6 Å². The number of hydrogen-bond donors (Lipinski definition) is 1. The highest BCUT2D eigenvalue weighted by atomic mass is 79.9. The fourth-order valence-electron chi connectivity index (χ4n) is 2.24. The zero-order valence-electron chi connectivity index (χ0n) is 12.0. The minimum atomic E-state index is -0.304. The molecule has 2 rings (SSSR count). The van der Waals surface area contributed by atoms with Crippen LogP contribution in [-0.2, 0) is 0 Å². The summed E-state index contributed by atoms with van der Waals surface area (Å²) in [4.78, 5) is 0. The van der Waals surface area contributed by atoms with Gasteiger partial charge < -0.3 is 5.32 Å². The van der Waals surface area contributed by atoms with Gasteiger partial charge in [-0.2, -0.15) is 0 Å². The van der Waals surface area contributed by atoms with Crippen LogP contribution in [0.1, 0.15) is 36.8 Å². The number of halogens is 2. The summed E-state index contributed by atoms with van der Waals surface area (Å²) in [6.07, 6.45) is 0. The smallest absolute Gasteiger partial charge is 0.139 e. The molecule has 0 aliphatic carbocycles. The van der Waals surface area contributed by atoms with Gasteiger partial charge in [0.1, 0.15) is 11.5 Å². The summed E-state index contributed by atoms with van der Waals surface area (Å²) in [5.41, 5.74) is 3.46. The molecule has 0 radical (unpaired) electrons. The number of aryl methyl sites for hydroxylation is 1. The summed E-state index contributed by atoms with van der Waals surface area (Å²) in [5, 5.41) is 11.7. The van der Waals surface area contributed by atoms with Crippen LogP contribution in [0.25, 0.3) is 5.69 Å². The summed E-state index contributed by atoms with van der Waals surface area (Å²) in [7, 11) is 0. The highest BCUT2D eigenvalue weighted by molar-refractivity contribution is 9.10. The van der Waals surface area contributed by atoms with Gasteiger partial charge in [0.15, 0.2) is 0 Å². The van der Waals surface area contributed by atoms with Gasteiger partial charge in [-0.25, -0.2) is 9.07 Å². The van der Waals surface area contributed by atoms with Crippen molar-refractivity contribution in [2.45, 2.75) is 33.7 Å². The van der Waals surface area contributed by atoms with Crippen molar-refractivity contribution >= 4 is 15.9 Å². The molecule has 0 saturated heterocycles. The van der Waals surface area contributed by atoms with E-state index >= 15 is 0 Å². The van der Waals surface area contributed by atoms with Crippen molar-refractivity contribution in [3.63, 3.8) is 0 Å². The maximum Gasteiger partial charge on any atom is 0.139 e. The maximum atomic E-state index is 13.7. The third kappa shape index (κ3) is 2.76. The highest BCUT2D eigenvalue weighted by Crippen LogP contribution is 2.25. The molecular weight excluding hydrogens is 323 g/mol. The van der Waals surface area contributed by atoms with Crippen LogP contribution < -0.4 is 5.32 Å². The minimum absolute atomic E-state index is 0.120. The SMILES string of the molecule is CCNC(C)c1nnn(-c2cc(F)c(Br)cc2C)c1C. The Morgan fingerprint density at radius 3 is 2.75 bits per heavy atom. The molecule has 0 amide bonds. The topological polar surface area (TPSA) is 42.7 Å². The number of rotatable bonds is 4. The number of nitrogens with one attached hydrogen (secondary N) is 1. The highest BCUT2D eigenvalue weighted by Gasteiger charge is 2.17. The summed E-state index contributed by atoms with van der Waals surface area (Å²) in [5.74, 6) is -0.304. The van der Waals surface area contributed by atoms with E-state index in [1.807, 2.05) is 27.7 Å². The predicted octanol–water partition coefficient (Wildman–Crippen LogP) is 3.46. The predicted molar refractivity (Wildman–Crippen MR) is 80.6 cm³/mol. The molecule has 0 fully saturated rings. The normalized spacial score (nSPS) is 12.7. The van der Waals surface area contributed by atoms with E-state index in [0.717, 1.165) is 23.5 Å². The number of nitrogens with zero attached hydrogens (tertiary/aromatic N) is 3. The lowest BCUT2D eigenvalue weighted by Crippen LogP contribution is -2.19. The van der Waals surface area contributed by atoms with Gasteiger partial charge in [-0.1, -0.05) is 12.1 Å². The van der Waals surface area contributed by atoms with Crippen molar-refractivity contribution in [3.8, 4) is 5.69 Å². The van der Waals surface area contributed by atoms with Gasteiger partial charge >= 0.3 is 0 Å². The van der Waals surface area contributed by atoms with E-state index in [9.17, 15) is 4.39 Å². The minimum Gasteiger partial charge on any atom is -0.309 e. The molecule has 0 aliphatic rings. The third-order valence-corrected chi connectivity index (χ3v) is 3.93. The molecule has 108 valence electrons. The lowest BCUT2D eigenvalue weighted by atomic mass is 10.1. The first kappa shape index (κ1) is 15.1. The van der Waals surface area contributed by atoms with Crippen LogP contribution in [0.4, 0.5) is 4.39 Å². The van der Waals surface area contributed by atoms with Crippen LogP contribution in [0, 0.1) is 19.7 Å². The molecule has 0 bridgehead atoms. The second-order valence-corrected chi connectivity index (χ2v) is 5.66. The van der Waals surface area contributed by atoms with Gasteiger partial charge in [0.05, 0.1) is 21.9 Å². The van der Waals surface area contributed by atoms with Crippen molar-refractivity contribution in [1.29, 1.82) is 0 Å². The van der Waals surface area contributed by atoms with Crippen molar-refractivity contribution in [2.75, 3.05) is 6.54 Å². The van der Waals surface area contributed by atoms with E-state index < -0.39 is 0 Å². The van der Waals surface area contributed by atoms with Crippen LogP contribution in [0.3, 0.4) is 0 Å². The molecule has 0 aliphatic heterocycles. The molecule has 1 heterocycles. The molecule has 0 spiro atoms. The number of aromatic nitrogens is 3. The van der Waals surface area contributed by atoms with Gasteiger partial charge in [-0.15, -0.1) is 5.10 Å². The quantitative estimate of drug-likeness (QED) is 0.926. The van der Waals surface area contributed by atoms with E-state index in [1.165, 1.54) is 6.07 Å². The largest absolute Gasteiger partial charge is 0.309 e. The molecule has 4 nitrogen and oxygen atoms in total. The second kappa shape index (κ2) is 6.01. The fourth-order valence-corrected chi connectivity index (χ4v) is 2.69. The van der Waals surface area contributed by atoms with Gasteiger partial charge in [0, 0.05) is 6.07 Å². The maximum absolute atomic E-state index is 13.7.